The molecule has 7 heteroatoms. The number of hydrogen-bond acceptors (Lipinski definition) is 7. The van der Waals surface area contributed by atoms with Gasteiger partial charge in [0.05, 0.1) is 6.61 Å². The lowest BCUT2D eigenvalue weighted by atomic mass is 10.2. The molecule has 0 radical (unpaired) electrons. The molecule has 1 rings (SSSR count). The molecule has 0 amide bonds. The number of nitrogens with zero attached hydrogens (tertiary/aromatic N) is 1. The van der Waals surface area contributed by atoms with E-state index in [1.165, 1.54) is 0 Å². The van der Waals surface area contributed by atoms with Crippen LogP contribution >= 0.6 is 0 Å². The van der Waals surface area contributed by atoms with Crippen molar-refractivity contribution in [2.24, 2.45) is 0 Å². The van der Waals surface area contributed by atoms with E-state index >= 15 is 0 Å². The predicted molar refractivity (Wildman–Crippen MR) is 33.6 cm³/mol. The molecule has 7 nitrogen and oxygen atoms in total. The number of aliphatic hydroxyl groups is 4. The minimum absolute atomic E-state index is 0.120. The maximum atomic E-state index is 9.05. The molecule has 0 aromatic heterocycles. The molecule has 72 valence electrons. The van der Waals surface area contributed by atoms with E-state index in [0.717, 1.165) is 0 Å². The molecule has 4 atom stereocenters. The number of rotatable bonds is 1. The van der Waals surface area contributed by atoms with Crippen LogP contribution in [0.4, 0.5) is 0 Å². The van der Waals surface area contributed by atoms with Crippen molar-refractivity contribution in [3.63, 3.8) is 0 Å². The van der Waals surface area contributed by atoms with Gasteiger partial charge in [0.1, 0.15) is 6.10 Å². The van der Waals surface area contributed by atoms with E-state index in [-0.39, 0.29) is 5.06 Å². The smallest absolute Gasteiger partial charge is 0.197 e. The molecule has 1 saturated heterocycles. The van der Waals surface area contributed by atoms with Crippen LogP contribution in [0.15, 0.2) is 0 Å². The topological polar surface area (TPSA) is 114 Å². The van der Waals surface area contributed by atoms with Crippen molar-refractivity contribution in [2.45, 2.75) is 24.8 Å². The van der Waals surface area contributed by atoms with E-state index in [9.17, 15) is 0 Å². The summed E-state index contributed by atoms with van der Waals surface area (Å²) in [5, 5.41) is 44.4. The molecule has 4 unspecified atom stereocenters. The van der Waals surface area contributed by atoms with Crippen molar-refractivity contribution in [1.82, 2.24) is 5.06 Å². The van der Waals surface area contributed by atoms with Crippen molar-refractivity contribution in [1.29, 1.82) is 0 Å². The zero-order valence-corrected chi connectivity index (χ0v) is 6.11. The number of hydroxylamine groups is 2. The van der Waals surface area contributed by atoms with Crippen LogP contribution in [0.3, 0.4) is 0 Å². The second-order valence-electron chi connectivity index (χ2n) is 2.45. The minimum Gasteiger partial charge on any atom is -0.394 e. The lowest BCUT2D eigenvalue weighted by molar-refractivity contribution is -0.393. The van der Waals surface area contributed by atoms with Crippen LogP contribution < -0.4 is 0 Å². The molecule has 1 aliphatic rings. The predicted octanol–water partition coefficient (Wildman–Crippen LogP) is -2.98. The molecule has 0 aromatic carbocycles. The maximum Gasteiger partial charge on any atom is 0.197 e. The summed E-state index contributed by atoms with van der Waals surface area (Å²) in [6.45, 7) is -0.567. The lowest BCUT2D eigenvalue weighted by Crippen LogP contribution is -2.60. The van der Waals surface area contributed by atoms with Crippen molar-refractivity contribution < 1.29 is 30.4 Å². The summed E-state index contributed by atoms with van der Waals surface area (Å²) in [4.78, 5) is 0. The Bertz CT molecular complexity index is 150. The molecular weight excluding hydrogens is 170 g/mol. The number of ether oxygens (including phenoxy) is 1. The van der Waals surface area contributed by atoms with Crippen molar-refractivity contribution in [2.75, 3.05) is 6.61 Å². The summed E-state index contributed by atoms with van der Waals surface area (Å²) in [5.74, 6) is 0. The Morgan fingerprint density at radius 3 is 2.25 bits per heavy atom. The third-order valence-electron chi connectivity index (χ3n) is 1.62. The summed E-state index contributed by atoms with van der Waals surface area (Å²) in [6, 6.07) is 0. The molecule has 12 heavy (non-hydrogen) atoms. The van der Waals surface area contributed by atoms with Crippen LogP contribution in [-0.4, -0.2) is 62.2 Å². The van der Waals surface area contributed by atoms with Gasteiger partial charge in [0.15, 0.2) is 18.7 Å². The van der Waals surface area contributed by atoms with Crippen LogP contribution in [-0.2, 0) is 4.74 Å². The van der Waals surface area contributed by atoms with Crippen LogP contribution in [0.2, 0.25) is 0 Å². The average Bonchev–Trinajstić information content (AvgIpc) is 2.08. The van der Waals surface area contributed by atoms with Crippen LogP contribution in [0.1, 0.15) is 0 Å². The normalized spacial score (nSPS) is 44.8. The summed E-state index contributed by atoms with van der Waals surface area (Å²) in [5.41, 5.74) is 0. The van der Waals surface area contributed by atoms with Crippen molar-refractivity contribution in [3.8, 4) is 0 Å². The van der Waals surface area contributed by atoms with E-state index in [1.807, 2.05) is 0 Å². The molecule has 1 fully saturated rings. The number of aliphatic hydroxyl groups excluding tert-OH is 4. The highest BCUT2D eigenvalue weighted by molar-refractivity contribution is 4.74. The van der Waals surface area contributed by atoms with Gasteiger partial charge in [-0.2, -0.15) is 0 Å². The first-order valence-electron chi connectivity index (χ1n) is 3.35. The summed E-state index contributed by atoms with van der Waals surface area (Å²) >= 11 is 0. The van der Waals surface area contributed by atoms with E-state index in [0.29, 0.717) is 0 Å². The Labute approximate surface area is 68.0 Å². The standard InChI is InChI=1S/C5H11NO6/c7-1-2-3(8)6(11)4(9)5(10)12-2/h2-5,7-11H,1H2. The Kier molecular flexibility index (Phi) is 2.96. The molecule has 0 bridgehead atoms. The van der Waals surface area contributed by atoms with Gasteiger partial charge in [-0.1, -0.05) is 0 Å². The van der Waals surface area contributed by atoms with Crippen LogP contribution in [0, 0.1) is 0 Å². The van der Waals surface area contributed by atoms with Crippen molar-refractivity contribution >= 4 is 0 Å². The first kappa shape index (κ1) is 9.81. The van der Waals surface area contributed by atoms with E-state index < -0.39 is 31.5 Å². The van der Waals surface area contributed by atoms with Gasteiger partial charge in [-0.05, 0) is 0 Å². The molecule has 0 aliphatic carbocycles. The van der Waals surface area contributed by atoms with Gasteiger partial charge in [0, 0.05) is 0 Å². The molecule has 5 N–H and O–H groups in total. The fraction of sp³-hybridized carbons (Fsp3) is 1.00. The Morgan fingerprint density at radius 1 is 1.17 bits per heavy atom. The molecule has 0 saturated carbocycles. The largest absolute Gasteiger partial charge is 0.394 e. The van der Waals surface area contributed by atoms with Gasteiger partial charge in [-0.15, -0.1) is 5.06 Å². The Morgan fingerprint density at radius 2 is 1.75 bits per heavy atom. The summed E-state index contributed by atoms with van der Waals surface area (Å²) < 4.78 is 4.53. The van der Waals surface area contributed by atoms with E-state index in [1.54, 1.807) is 0 Å². The third-order valence-corrected chi connectivity index (χ3v) is 1.62. The zero-order valence-electron chi connectivity index (χ0n) is 6.11. The molecule has 0 aromatic rings. The second-order valence-corrected chi connectivity index (χ2v) is 2.45. The number of morpholine rings is 1. The SMILES string of the molecule is OCC1OC(O)C(O)N(O)C1O. The van der Waals surface area contributed by atoms with Crippen molar-refractivity contribution in [3.05, 3.63) is 0 Å². The third kappa shape index (κ3) is 1.57. The van der Waals surface area contributed by atoms with Gasteiger partial charge < -0.3 is 30.4 Å². The first-order chi connectivity index (χ1) is 5.57. The minimum atomic E-state index is -1.71. The van der Waals surface area contributed by atoms with Gasteiger partial charge in [-0.25, -0.2) is 0 Å². The highest BCUT2D eigenvalue weighted by atomic mass is 16.7. The Hall–Kier alpha value is -0.280. The van der Waals surface area contributed by atoms with Crippen LogP contribution in [0.5, 0.6) is 0 Å². The fourth-order valence-electron chi connectivity index (χ4n) is 0.914. The second kappa shape index (κ2) is 3.62. The Balaban J connectivity index is 2.63. The molecule has 1 heterocycles. The summed E-state index contributed by atoms with van der Waals surface area (Å²) in [7, 11) is 0. The lowest BCUT2D eigenvalue weighted by Gasteiger charge is -2.39. The van der Waals surface area contributed by atoms with Gasteiger partial charge in [0.25, 0.3) is 0 Å². The van der Waals surface area contributed by atoms with E-state index in [2.05, 4.69) is 4.74 Å². The average molecular weight is 181 g/mol. The maximum absolute atomic E-state index is 9.05. The molecule has 1 aliphatic heterocycles. The number of hydrogen-bond donors (Lipinski definition) is 5. The highest BCUT2D eigenvalue weighted by Crippen LogP contribution is 2.17. The van der Waals surface area contributed by atoms with Gasteiger partial charge in [-0.3, -0.25) is 0 Å². The van der Waals surface area contributed by atoms with Gasteiger partial charge in [0.2, 0.25) is 0 Å². The van der Waals surface area contributed by atoms with E-state index in [4.69, 9.17) is 25.6 Å². The summed E-state index contributed by atoms with van der Waals surface area (Å²) in [6.07, 6.45) is -6.03. The monoisotopic (exact) mass is 181 g/mol. The fourth-order valence-corrected chi connectivity index (χ4v) is 0.914. The van der Waals surface area contributed by atoms with Gasteiger partial charge >= 0.3 is 0 Å². The molecular formula is C5H11NO6. The highest BCUT2D eigenvalue weighted by Gasteiger charge is 2.40. The van der Waals surface area contributed by atoms with Crippen LogP contribution in [0.25, 0.3) is 0 Å². The zero-order chi connectivity index (χ0) is 9.30. The first-order valence-corrected chi connectivity index (χ1v) is 3.35. The molecule has 0 spiro atoms. The quantitative estimate of drug-likeness (QED) is 0.293.